The van der Waals surface area contributed by atoms with Crippen LogP contribution in [0.25, 0.3) is 10.2 Å². The van der Waals surface area contributed by atoms with Crippen molar-refractivity contribution >= 4 is 38.5 Å². The first-order valence-corrected chi connectivity index (χ1v) is 10.0. The van der Waals surface area contributed by atoms with Gasteiger partial charge < -0.3 is 15.0 Å². The zero-order valence-corrected chi connectivity index (χ0v) is 16.4. The summed E-state index contributed by atoms with van der Waals surface area (Å²) in [5.41, 5.74) is 1.69. The fraction of sp³-hybridized carbons (Fsp3) is 0.286. The Morgan fingerprint density at radius 3 is 2.82 bits per heavy atom. The zero-order valence-electron chi connectivity index (χ0n) is 15.6. The maximum absolute atomic E-state index is 12.8. The van der Waals surface area contributed by atoms with Crippen LogP contribution in [-0.2, 0) is 16.0 Å². The summed E-state index contributed by atoms with van der Waals surface area (Å²) in [5.74, 6) is 0.474. The Bertz CT molecular complexity index is 1000. The first-order valence-electron chi connectivity index (χ1n) is 9.23. The lowest BCUT2D eigenvalue weighted by molar-refractivity contribution is -0.136. The number of nitrogens with one attached hydrogen (secondary N) is 1. The third kappa shape index (κ3) is 3.71. The second-order valence-electron chi connectivity index (χ2n) is 6.72. The number of aromatic nitrogens is 1. The van der Waals surface area contributed by atoms with E-state index >= 15 is 0 Å². The van der Waals surface area contributed by atoms with Crippen LogP contribution in [0.1, 0.15) is 18.4 Å². The highest BCUT2D eigenvalue weighted by Crippen LogP contribution is 2.32. The molecule has 6 nitrogen and oxygen atoms in total. The van der Waals surface area contributed by atoms with Crippen LogP contribution in [0.2, 0.25) is 0 Å². The minimum atomic E-state index is -0.454. The van der Waals surface area contributed by atoms with Crippen molar-refractivity contribution in [2.45, 2.75) is 25.3 Å². The summed E-state index contributed by atoms with van der Waals surface area (Å²) in [6, 6.07) is 14.8. The minimum Gasteiger partial charge on any atom is -0.494 e. The molecular weight excluding hydrogens is 374 g/mol. The third-order valence-corrected chi connectivity index (χ3v) is 5.84. The summed E-state index contributed by atoms with van der Waals surface area (Å²) < 4.78 is 6.27. The number of methoxy groups -OCH3 is 1. The zero-order chi connectivity index (χ0) is 19.5. The molecule has 1 fully saturated rings. The molecule has 1 aromatic heterocycles. The molecule has 144 valence electrons. The average Bonchev–Trinajstić information content (AvgIpc) is 3.35. The fourth-order valence-corrected chi connectivity index (χ4v) is 4.43. The van der Waals surface area contributed by atoms with E-state index in [1.807, 2.05) is 48.5 Å². The van der Waals surface area contributed by atoms with Gasteiger partial charge in [-0.15, -0.1) is 0 Å². The Labute approximate surface area is 167 Å². The van der Waals surface area contributed by atoms with E-state index in [2.05, 4.69) is 10.3 Å². The van der Waals surface area contributed by atoms with E-state index in [0.717, 1.165) is 22.2 Å². The number of rotatable bonds is 5. The molecule has 0 spiro atoms. The first kappa shape index (κ1) is 18.4. The Kier molecular flexibility index (Phi) is 5.25. The molecule has 1 aliphatic rings. The molecule has 0 saturated carbocycles. The van der Waals surface area contributed by atoms with E-state index in [-0.39, 0.29) is 11.8 Å². The molecule has 2 heterocycles. The van der Waals surface area contributed by atoms with E-state index in [4.69, 9.17) is 4.74 Å². The lowest BCUT2D eigenvalue weighted by Gasteiger charge is -2.23. The summed E-state index contributed by atoms with van der Waals surface area (Å²) in [6.07, 6.45) is 1.80. The number of carbonyl (C=O) groups is 2. The number of thiazole rings is 1. The summed E-state index contributed by atoms with van der Waals surface area (Å²) in [5, 5.41) is 3.41. The van der Waals surface area contributed by atoms with Gasteiger partial charge in [-0.3, -0.25) is 9.59 Å². The Hall–Kier alpha value is -2.93. The van der Waals surface area contributed by atoms with Gasteiger partial charge in [0, 0.05) is 6.54 Å². The van der Waals surface area contributed by atoms with Crippen LogP contribution in [0.4, 0.5) is 5.13 Å². The van der Waals surface area contributed by atoms with Crippen molar-refractivity contribution in [1.82, 2.24) is 9.88 Å². The summed E-state index contributed by atoms with van der Waals surface area (Å²) >= 11 is 1.40. The standard InChI is InChI=1S/C21H21N3O3S/c1-27-16-10-5-11-17-19(16)22-21(28-17)23-20(26)15-9-6-12-24(15)18(25)13-14-7-3-2-4-8-14/h2-5,7-8,10-11,15H,6,9,12-13H2,1H3,(H,22,23,26). The van der Waals surface area contributed by atoms with Crippen molar-refractivity contribution in [3.63, 3.8) is 0 Å². The predicted molar refractivity (Wildman–Crippen MR) is 110 cm³/mol. The summed E-state index contributed by atoms with van der Waals surface area (Å²) in [4.78, 5) is 31.7. The van der Waals surface area contributed by atoms with E-state index < -0.39 is 6.04 Å². The van der Waals surface area contributed by atoms with Gasteiger partial charge in [0.05, 0.1) is 18.2 Å². The molecule has 1 saturated heterocycles. The highest BCUT2D eigenvalue weighted by Gasteiger charge is 2.34. The molecule has 28 heavy (non-hydrogen) atoms. The van der Waals surface area contributed by atoms with Crippen molar-refractivity contribution in [2.24, 2.45) is 0 Å². The van der Waals surface area contributed by atoms with E-state index in [1.165, 1.54) is 11.3 Å². The average molecular weight is 395 g/mol. The van der Waals surface area contributed by atoms with Crippen molar-refractivity contribution in [2.75, 3.05) is 19.0 Å². The minimum absolute atomic E-state index is 0.0187. The number of carbonyl (C=O) groups excluding carboxylic acids is 2. The van der Waals surface area contributed by atoms with Crippen LogP contribution in [0.3, 0.4) is 0 Å². The van der Waals surface area contributed by atoms with Crippen molar-refractivity contribution in [3.05, 3.63) is 54.1 Å². The van der Waals surface area contributed by atoms with Gasteiger partial charge >= 0.3 is 0 Å². The molecule has 1 aliphatic heterocycles. The monoisotopic (exact) mass is 395 g/mol. The fourth-order valence-electron chi connectivity index (χ4n) is 3.54. The number of amides is 2. The topological polar surface area (TPSA) is 71.5 Å². The van der Waals surface area contributed by atoms with Crippen molar-refractivity contribution in [3.8, 4) is 5.75 Å². The molecule has 0 radical (unpaired) electrons. The third-order valence-electron chi connectivity index (χ3n) is 4.91. The van der Waals surface area contributed by atoms with Crippen LogP contribution in [0.5, 0.6) is 5.75 Å². The Morgan fingerprint density at radius 1 is 1.21 bits per heavy atom. The molecule has 4 rings (SSSR count). The maximum Gasteiger partial charge on any atom is 0.248 e. The largest absolute Gasteiger partial charge is 0.494 e. The van der Waals surface area contributed by atoms with Gasteiger partial charge in [-0.05, 0) is 30.5 Å². The van der Waals surface area contributed by atoms with Crippen molar-refractivity contribution < 1.29 is 14.3 Å². The maximum atomic E-state index is 12.8. The molecule has 2 aromatic carbocycles. The van der Waals surface area contributed by atoms with Gasteiger partial charge in [-0.25, -0.2) is 4.98 Å². The number of hydrogen-bond acceptors (Lipinski definition) is 5. The highest BCUT2D eigenvalue weighted by atomic mass is 32.1. The molecule has 7 heteroatoms. The summed E-state index contributed by atoms with van der Waals surface area (Å²) in [7, 11) is 1.60. The van der Waals surface area contributed by atoms with E-state index in [0.29, 0.717) is 30.3 Å². The Morgan fingerprint density at radius 2 is 2.04 bits per heavy atom. The quantitative estimate of drug-likeness (QED) is 0.718. The van der Waals surface area contributed by atoms with Gasteiger partial charge in [-0.2, -0.15) is 0 Å². The van der Waals surface area contributed by atoms with Gasteiger partial charge in [0.25, 0.3) is 0 Å². The molecule has 0 bridgehead atoms. The van der Waals surface area contributed by atoms with E-state index in [1.54, 1.807) is 12.0 Å². The number of benzene rings is 2. The van der Waals surface area contributed by atoms with Crippen molar-refractivity contribution in [1.29, 1.82) is 0 Å². The number of anilines is 1. The smallest absolute Gasteiger partial charge is 0.248 e. The van der Waals surface area contributed by atoms with Crippen LogP contribution >= 0.6 is 11.3 Å². The number of fused-ring (bicyclic) bond motifs is 1. The number of ether oxygens (including phenoxy) is 1. The van der Waals surface area contributed by atoms with Crippen LogP contribution < -0.4 is 10.1 Å². The number of hydrogen-bond donors (Lipinski definition) is 1. The molecule has 3 aromatic rings. The lowest BCUT2D eigenvalue weighted by atomic mass is 10.1. The predicted octanol–water partition coefficient (Wildman–Crippen LogP) is 3.48. The number of para-hydroxylation sites is 1. The number of nitrogens with zero attached hydrogens (tertiary/aromatic N) is 2. The van der Waals surface area contributed by atoms with Gasteiger partial charge in [0.2, 0.25) is 11.8 Å². The normalized spacial score (nSPS) is 16.3. The summed E-state index contributed by atoms with van der Waals surface area (Å²) in [6.45, 7) is 0.609. The Balaban J connectivity index is 1.47. The molecule has 1 N–H and O–H groups in total. The van der Waals surface area contributed by atoms with E-state index in [9.17, 15) is 9.59 Å². The van der Waals surface area contributed by atoms with Gasteiger partial charge in [0.15, 0.2) is 5.13 Å². The first-order chi connectivity index (χ1) is 13.7. The molecule has 0 aliphatic carbocycles. The van der Waals surface area contributed by atoms with Gasteiger partial charge in [0.1, 0.15) is 17.3 Å². The van der Waals surface area contributed by atoms with Gasteiger partial charge in [-0.1, -0.05) is 47.7 Å². The molecule has 2 amide bonds. The SMILES string of the molecule is COc1cccc2sc(NC(=O)C3CCCN3C(=O)Cc3ccccc3)nc12. The molecule has 1 unspecified atom stereocenters. The van der Waals surface area contributed by atoms with Crippen LogP contribution in [0, 0.1) is 0 Å². The molecule has 1 atom stereocenters. The van der Waals surface area contributed by atoms with Crippen LogP contribution in [-0.4, -0.2) is 41.4 Å². The second-order valence-corrected chi connectivity index (χ2v) is 7.75. The highest BCUT2D eigenvalue weighted by molar-refractivity contribution is 7.22. The second kappa shape index (κ2) is 7.98. The lowest BCUT2D eigenvalue weighted by Crippen LogP contribution is -2.43. The van der Waals surface area contributed by atoms with Crippen LogP contribution in [0.15, 0.2) is 48.5 Å². The number of likely N-dealkylation sites (tertiary alicyclic amines) is 1. The molecular formula is C21H21N3O3S.